The second kappa shape index (κ2) is 7.88. The predicted octanol–water partition coefficient (Wildman–Crippen LogP) is 3.50. The second-order valence-corrected chi connectivity index (χ2v) is 6.15. The van der Waals surface area contributed by atoms with E-state index < -0.39 is 0 Å². The van der Waals surface area contributed by atoms with E-state index in [0.717, 1.165) is 17.5 Å². The van der Waals surface area contributed by atoms with E-state index in [1.807, 2.05) is 25.1 Å². The van der Waals surface area contributed by atoms with Crippen molar-refractivity contribution in [2.75, 3.05) is 0 Å². The van der Waals surface area contributed by atoms with Gasteiger partial charge in [-0.05, 0) is 29.2 Å². The van der Waals surface area contributed by atoms with Crippen LogP contribution in [0, 0.1) is 5.92 Å². The van der Waals surface area contributed by atoms with Crippen LogP contribution in [-0.2, 0) is 13.0 Å². The average Bonchev–Trinajstić information content (AvgIpc) is 2.55. The molecule has 0 aliphatic rings. The molecule has 2 N–H and O–H groups in total. The minimum Gasteiger partial charge on any atom is -0.393 e. The molecule has 0 fully saturated rings. The Bertz CT molecular complexity index is 760. The SMILES string of the molecule is CCc1ccc(/C=C/c2ccn(CC(C)C(N)=S)c(=O)c2)cc1. The highest BCUT2D eigenvalue weighted by Gasteiger charge is 2.07. The molecule has 0 spiro atoms. The predicted molar refractivity (Wildman–Crippen MR) is 101 cm³/mol. The highest BCUT2D eigenvalue weighted by molar-refractivity contribution is 7.80. The number of aryl methyl sites for hydroxylation is 1. The van der Waals surface area contributed by atoms with Crippen LogP contribution < -0.4 is 11.3 Å². The molecule has 120 valence electrons. The van der Waals surface area contributed by atoms with Crippen molar-refractivity contribution < 1.29 is 0 Å². The summed E-state index contributed by atoms with van der Waals surface area (Å²) in [6.07, 6.45) is 6.78. The minimum atomic E-state index is -0.0448. The quantitative estimate of drug-likeness (QED) is 0.827. The Kier molecular flexibility index (Phi) is 5.88. The zero-order valence-corrected chi connectivity index (χ0v) is 14.3. The Morgan fingerprint density at radius 1 is 1.22 bits per heavy atom. The molecule has 0 aliphatic carbocycles. The number of hydrogen-bond acceptors (Lipinski definition) is 2. The van der Waals surface area contributed by atoms with Gasteiger partial charge in [-0.1, -0.05) is 62.5 Å². The molecule has 3 nitrogen and oxygen atoms in total. The Labute approximate surface area is 142 Å². The summed E-state index contributed by atoms with van der Waals surface area (Å²) in [7, 11) is 0. The molecule has 2 aromatic rings. The van der Waals surface area contributed by atoms with E-state index in [1.165, 1.54) is 5.56 Å². The lowest BCUT2D eigenvalue weighted by Crippen LogP contribution is -2.28. The zero-order chi connectivity index (χ0) is 16.8. The molecular weight excluding hydrogens is 304 g/mol. The minimum absolute atomic E-state index is 0.00109. The molecule has 1 heterocycles. The van der Waals surface area contributed by atoms with Gasteiger partial charge in [-0.15, -0.1) is 0 Å². The molecule has 23 heavy (non-hydrogen) atoms. The Morgan fingerprint density at radius 2 is 1.87 bits per heavy atom. The lowest BCUT2D eigenvalue weighted by Gasteiger charge is -2.11. The summed E-state index contributed by atoms with van der Waals surface area (Å²) in [5.74, 6) is 0.00109. The topological polar surface area (TPSA) is 48.0 Å². The maximum atomic E-state index is 12.1. The van der Waals surface area contributed by atoms with Gasteiger partial charge < -0.3 is 10.3 Å². The third-order valence-corrected chi connectivity index (χ3v) is 4.23. The molecule has 0 amide bonds. The van der Waals surface area contributed by atoms with E-state index >= 15 is 0 Å². The first-order chi connectivity index (χ1) is 11.0. The molecule has 0 aliphatic heterocycles. The van der Waals surface area contributed by atoms with E-state index in [1.54, 1.807) is 16.8 Å². The first-order valence-electron chi connectivity index (χ1n) is 7.76. The third kappa shape index (κ3) is 4.89. The lowest BCUT2D eigenvalue weighted by molar-refractivity contribution is 0.581. The lowest BCUT2D eigenvalue weighted by atomic mass is 10.1. The number of benzene rings is 1. The van der Waals surface area contributed by atoms with Gasteiger partial charge in [-0.3, -0.25) is 4.79 Å². The van der Waals surface area contributed by atoms with E-state index in [9.17, 15) is 4.79 Å². The van der Waals surface area contributed by atoms with Gasteiger partial charge in [-0.2, -0.15) is 0 Å². The molecule has 0 saturated heterocycles. The largest absolute Gasteiger partial charge is 0.393 e. The summed E-state index contributed by atoms with van der Waals surface area (Å²) in [4.78, 5) is 12.6. The molecule has 0 radical (unpaired) electrons. The summed E-state index contributed by atoms with van der Waals surface area (Å²) in [5, 5.41) is 0. The Morgan fingerprint density at radius 3 is 2.43 bits per heavy atom. The highest BCUT2D eigenvalue weighted by atomic mass is 32.1. The summed E-state index contributed by atoms with van der Waals surface area (Å²) in [6.45, 7) is 4.57. The highest BCUT2D eigenvalue weighted by Crippen LogP contribution is 2.09. The van der Waals surface area contributed by atoms with Crippen molar-refractivity contribution in [3.8, 4) is 0 Å². The Balaban J connectivity index is 2.11. The fourth-order valence-electron chi connectivity index (χ4n) is 2.22. The van der Waals surface area contributed by atoms with Gasteiger partial charge in [0.25, 0.3) is 5.56 Å². The smallest absolute Gasteiger partial charge is 0.251 e. The summed E-state index contributed by atoms with van der Waals surface area (Å²) < 4.78 is 1.64. The third-order valence-electron chi connectivity index (χ3n) is 3.83. The van der Waals surface area contributed by atoms with E-state index in [4.69, 9.17) is 18.0 Å². The zero-order valence-electron chi connectivity index (χ0n) is 13.5. The van der Waals surface area contributed by atoms with Crippen molar-refractivity contribution in [3.05, 3.63) is 69.6 Å². The molecule has 4 heteroatoms. The maximum absolute atomic E-state index is 12.1. The Hall–Kier alpha value is -2.20. The standard InChI is InChI=1S/C19H22N2OS/c1-3-15-4-6-16(7-5-15)8-9-17-10-11-21(18(22)12-17)13-14(2)19(20)23/h4-12,14H,3,13H2,1-2H3,(H2,20,23)/b9-8+. The number of aromatic nitrogens is 1. The van der Waals surface area contributed by atoms with Crippen LogP contribution >= 0.6 is 12.2 Å². The van der Waals surface area contributed by atoms with Crippen LogP contribution in [0.2, 0.25) is 0 Å². The summed E-state index contributed by atoms with van der Waals surface area (Å²) in [6, 6.07) is 12.0. The molecule has 0 saturated carbocycles. The normalized spacial score (nSPS) is 12.4. The molecule has 1 atom stereocenters. The van der Waals surface area contributed by atoms with Gasteiger partial charge in [0, 0.05) is 24.7 Å². The van der Waals surface area contributed by atoms with Gasteiger partial charge in [0.2, 0.25) is 0 Å². The van der Waals surface area contributed by atoms with Gasteiger partial charge in [-0.25, -0.2) is 0 Å². The van der Waals surface area contributed by atoms with Crippen molar-refractivity contribution in [2.24, 2.45) is 11.7 Å². The van der Waals surface area contributed by atoms with Crippen LogP contribution in [-0.4, -0.2) is 9.56 Å². The van der Waals surface area contributed by atoms with Crippen LogP contribution in [0.5, 0.6) is 0 Å². The number of pyridine rings is 1. The summed E-state index contributed by atoms with van der Waals surface area (Å²) in [5.41, 5.74) is 8.88. The van der Waals surface area contributed by atoms with E-state index in [-0.39, 0.29) is 11.5 Å². The van der Waals surface area contributed by atoms with Gasteiger partial charge in [0.1, 0.15) is 0 Å². The van der Waals surface area contributed by atoms with Gasteiger partial charge in [0.15, 0.2) is 0 Å². The fraction of sp³-hybridized carbons (Fsp3) is 0.263. The van der Waals surface area contributed by atoms with Crippen molar-refractivity contribution in [3.63, 3.8) is 0 Å². The molecule has 1 unspecified atom stereocenters. The van der Waals surface area contributed by atoms with Gasteiger partial charge in [0.05, 0.1) is 4.99 Å². The van der Waals surface area contributed by atoms with E-state index in [2.05, 4.69) is 31.2 Å². The fourth-order valence-corrected chi connectivity index (χ4v) is 2.29. The van der Waals surface area contributed by atoms with Crippen molar-refractivity contribution in [1.29, 1.82) is 0 Å². The number of hydrogen-bond donors (Lipinski definition) is 1. The second-order valence-electron chi connectivity index (χ2n) is 5.68. The molecular formula is C19H22N2OS. The number of nitrogens with zero attached hydrogens (tertiary/aromatic N) is 1. The first-order valence-corrected chi connectivity index (χ1v) is 8.17. The van der Waals surface area contributed by atoms with Crippen LogP contribution in [0.1, 0.15) is 30.5 Å². The molecule has 1 aromatic carbocycles. The van der Waals surface area contributed by atoms with Crippen LogP contribution in [0.4, 0.5) is 0 Å². The van der Waals surface area contributed by atoms with Crippen LogP contribution in [0.3, 0.4) is 0 Å². The molecule has 2 rings (SSSR count). The van der Waals surface area contributed by atoms with Crippen molar-refractivity contribution in [2.45, 2.75) is 26.8 Å². The van der Waals surface area contributed by atoms with Crippen molar-refractivity contribution >= 4 is 29.4 Å². The average molecular weight is 326 g/mol. The first kappa shape index (κ1) is 17.2. The van der Waals surface area contributed by atoms with Gasteiger partial charge >= 0.3 is 0 Å². The van der Waals surface area contributed by atoms with Crippen LogP contribution in [0.15, 0.2) is 47.4 Å². The molecule has 0 bridgehead atoms. The number of rotatable bonds is 6. The number of thiocarbonyl (C=S) groups is 1. The number of nitrogens with two attached hydrogens (primary N) is 1. The summed E-state index contributed by atoms with van der Waals surface area (Å²) >= 11 is 4.95. The van der Waals surface area contributed by atoms with E-state index in [0.29, 0.717) is 11.5 Å². The molecule has 1 aromatic heterocycles. The van der Waals surface area contributed by atoms with Crippen molar-refractivity contribution in [1.82, 2.24) is 4.57 Å². The monoisotopic (exact) mass is 326 g/mol. The maximum Gasteiger partial charge on any atom is 0.251 e. The van der Waals surface area contributed by atoms with Crippen LogP contribution in [0.25, 0.3) is 12.2 Å².